The summed E-state index contributed by atoms with van der Waals surface area (Å²) in [6, 6.07) is 10.1. The summed E-state index contributed by atoms with van der Waals surface area (Å²) in [4.78, 5) is 22.2. The molecule has 0 unspecified atom stereocenters. The van der Waals surface area contributed by atoms with Gasteiger partial charge in [0.15, 0.2) is 0 Å². The van der Waals surface area contributed by atoms with Gasteiger partial charge in [0.25, 0.3) is 0 Å². The van der Waals surface area contributed by atoms with Crippen molar-refractivity contribution in [3.8, 4) is 5.75 Å². The number of esters is 1. The Morgan fingerprint density at radius 2 is 1.43 bits per heavy atom. The van der Waals surface area contributed by atoms with Crippen molar-refractivity contribution in [1.29, 1.82) is 0 Å². The van der Waals surface area contributed by atoms with Crippen molar-refractivity contribution in [2.24, 2.45) is 0 Å². The highest BCUT2D eigenvalue weighted by Crippen LogP contribution is 2.30. The number of carbonyl (C=O) groups is 2. The smallest absolute Gasteiger partial charge is 0.309 e. The lowest BCUT2D eigenvalue weighted by Gasteiger charge is -2.20. The first-order valence-electron chi connectivity index (χ1n) is 8.06. The van der Waals surface area contributed by atoms with E-state index in [1.54, 1.807) is 57.4 Å². The lowest BCUT2D eigenvalue weighted by Crippen LogP contribution is -2.24. The zero-order valence-corrected chi connectivity index (χ0v) is 18.8. The second-order valence-electron chi connectivity index (χ2n) is 6.31. The van der Waals surface area contributed by atoms with E-state index in [4.69, 9.17) is 51.1 Å². The van der Waals surface area contributed by atoms with Gasteiger partial charge >= 0.3 is 5.97 Å². The summed E-state index contributed by atoms with van der Waals surface area (Å²) in [7, 11) is 2.90. The average molecular weight is 466 g/mol. The summed E-state index contributed by atoms with van der Waals surface area (Å²) in [6.45, 7) is 3.45. The van der Waals surface area contributed by atoms with E-state index in [0.29, 0.717) is 20.8 Å². The number of carbonyl (C=O) groups excluding carboxylic acids is 2. The predicted molar refractivity (Wildman–Crippen MR) is 114 cm³/mol. The second kappa shape index (κ2) is 10.9. The molecule has 0 spiro atoms. The van der Waals surface area contributed by atoms with Gasteiger partial charge < -0.3 is 9.47 Å². The third kappa shape index (κ3) is 7.51. The van der Waals surface area contributed by atoms with E-state index in [2.05, 4.69) is 4.74 Å². The highest BCUT2D eigenvalue weighted by Gasteiger charge is 2.28. The quantitative estimate of drug-likeness (QED) is 0.395. The van der Waals surface area contributed by atoms with E-state index in [1.807, 2.05) is 0 Å². The molecule has 0 aliphatic rings. The molecule has 0 aliphatic carbocycles. The van der Waals surface area contributed by atoms with Gasteiger partial charge in [-0.15, -0.1) is 0 Å². The zero-order chi connectivity index (χ0) is 21.5. The molecular weight excluding hydrogens is 446 g/mol. The van der Waals surface area contributed by atoms with Crippen molar-refractivity contribution in [3.63, 3.8) is 0 Å². The summed E-state index contributed by atoms with van der Waals surface area (Å²) in [5.74, 6) is 0.339. The van der Waals surface area contributed by atoms with Crippen LogP contribution < -0.4 is 4.74 Å². The number of methoxy groups -OCH3 is 2. The molecule has 0 saturated carbocycles. The molecular formula is C20H20Cl4O4. The minimum atomic E-state index is -0.768. The fourth-order valence-electron chi connectivity index (χ4n) is 2.11. The minimum absolute atomic E-state index is 0.202. The first kappa shape index (κ1) is 24.6. The minimum Gasteiger partial charge on any atom is -0.497 e. The molecule has 0 amide bonds. The molecule has 2 rings (SSSR count). The van der Waals surface area contributed by atoms with Gasteiger partial charge in [0.05, 0.1) is 26.1 Å². The van der Waals surface area contributed by atoms with Gasteiger partial charge in [0.2, 0.25) is 5.24 Å². The third-order valence-corrected chi connectivity index (χ3v) is 4.95. The Morgan fingerprint density at radius 1 is 0.893 bits per heavy atom. The van der Waals surface area contributed by atoms with Crippen molar-refractivity contribution in [2.45, 2.75) is 25.7 Å². The van der Waals surface area contributed by atoms with Crippen molar-refractivity contribution in [2.75, 3.05) is 14.2 Å². The first-order chi connectivity index (χ1) is 13.0. The molecule has 0 saturated heterocycles. The Hall–Kier alpha value is -1.46. The van der Waals surface area contributed by atoms with E-state index in [0.717, 1.165) is 11.1 Å². The van der Waals surface area contributed by atoms with Gasteiger partial charge in [-0.25, -0.2) is 0 Å². The van der Waals surface area contributed by atoms with Crippen LogP contribution in [0.4, 0.5) is 0 Å². The largest absolute Gasteiger partial charge is 0.497 e. The number of rotatable bonds is 5. The molecule has 0 radical (unpaired) electrons. The molecule has 0 atom stereocenters. The van der Waals surface area contributed by atoms with Crippen LogP contribution >= 0.6 is 46.4 Å². The van der Waals surface area contributed by atoms with Crippen molar-refractivity contribution < 1.29 is 19.1 Å². The van der Waals surface area contributed by atoms with Gasteiger partial charge in [0, 0.05) is 15.1 Å². The average Bonchev–Trinajstić information content (AvgIpc) is 2.60. The fraction of sp³-hybridized carbons (Fsp3) is 0.300. The van der Waals surface area contributed by atoms with Crippen LogP contribution in [0.25, 0.3) is 0 Å². The highest BCUT2D eigenvalue weighted by atomic mass is 35.5. The Labute approximate surface area is 184 Å². The Kier molecular flexibility index (Phi) is 9.58. The molecule has 152 valence electrons. The van der Waals surface area contributed by atoms with Crippen LogP contribution in [0.2, 0.25) is 15.1 Å². The molecule has 0 bridgehead atoms. The van der Waals surface area contributed by atoms with Crippen molar-refractivity contribution >= 4 is 57.6 Å². The Morgan fingerprint density at radius 3 is 1.89 bits per heavy atom. The molecule has 0 N–H and O–H groups in total. The molecule has 28 heavy (non-hydrogen) atoms. The topological polar surface area (TPSA) is 52.6 Å². The molecule has 0 aliphatic heterocycles. The van der Waals surface area contributed by atoms with Gasteiger partial charge in [-0.1, -0.05) is 34.8 Å². The van der Waals surface area contributed by atoms with Crippen LogP contribution in [0.5, 0.6) is 5.75 Å². The Bertz CT molecular complexity index is 830. The van der Waals surface area contributed by atoms with E-state index in [9.17, 15) is 9.59 Å². The summed E-state index contributed by atoms with van der Waals surface area (Å²) < 4.78 is 9.56. The maximum Gasteiger partial charge on any atom is 0.309 e. The number of halogens is 4. The van der Waals surface area contributed by atoms with Crippen molar-refractivity contribution in [1.82, 2.24) is 0 Å². The normalized spacial score (nSPS) is 10.6. The van der Waals surface area contributed by atoms with E-state index < -0.39 is 10.7 Å². The summed E-state index contributed by atoms with van der Waals surface area (Å²) in [5, 5.41) is 1.11. The molecule has 8 heteroatoms. The molecule has 4 nitrogen and oxygen atoms in total. The molecule has 0 fully saturated rings. The fourth-order valence-corrected chi connectivity index (χ4v) is 2.99. The van der Waals surface area contributed by atoms with Crippen molar-refractivity contribution in [3.05, 3.63) is 62.6 Å². The van der Waals surface area contributed by atoms with E-state index >= 15 is 0 Å². The van der Waals surface area contributed by atoms with Crippen LogP contribution in [-0.4, -0.2) is 25.4 Å². The summed E-state index contributed by atoms with van der Waals surface area (Å²) >= 11 is 23.0. The van der Waals surface area contributed by atoms with Crippen LogP contribution in [0, 0.1) is 0 Å². The van der Waals surface area contributed by atoms with E-state index in [1.165, 1.54) is 7.11 Å². The molecule has 0 aromatic heterocycles. The highest BCUT2D eigenvalue weighted by molar-refractivity contribution is 6.65. The summed E-state index contributed by atoms with van der Waals surface area (Å²) in [6.07, 6.45) is 0.202. The Balaban J connectivity index is 0.000000280. The molecule has 2 aromatic carbocycles. The lowest BCUT2D eigenvalue weighted by atomic mass is 9.86. The van der Waals surface area contributed by atoms with Gasteiger partial charge in [0.1, 0.15) is 5.75 Å². The number of hydrogen-bond donors (Lipinski definition) is 0. The second-order valence-corrected chi connectivity index (χ2v) is 7.96. The van der Waals surface area contributed by atoms with Crippen LogP contribution in [-0.2, 0) is 26.2 Å². The third-order valence-electron chi connectivity index (χ3n) is 3.82. The van der Waals surface area contributed by atoms with Crippen LogP contribution in [0.3, 0.4) is 0 Å². The molecule has 0 heterocycles. The number of ether oxygens (including phenoxy) is 2. The maximum absolute atomic E-state index is 11.2. The maximum atomic E-state index is 11.2. The standard InChI is InChI=1S/C10H9Cl3O.C10H11ClO3/c1-10(2,9(13)14)6-3-7(11)5-8(12)4-6;1-13-9-4-7(3-8(11)6-9)5-10(12)14-2/h3-5H,1-2H3;3-4,6H,5H2,1-2H3. The molecule has 2 aromatic rings. The first-order valence-corrected chi connectivity index (χ1v) is 9.57. The van der Waals surface area contributed by atoms with Gasteiger partial charge in [-0.3, -0.25) is 9.59 Å². The summed E-state index contributed by atoms with van der Waals surface area (Å²) in [5.41, 5.74) is 0.729. The SMILES string of the molecule is CC(C)(C(=O)Cl)c1cc(Cl)cc(Cl)c1.COC(=O)Cc1cc(Cl)cc(OC)c1. The van der Waals surface area contributed by atoms with Gasteiger partial charge in [-0.05, 0) is 73.0 Å². The van der Waals surface area contributed by atoms with Crippen LogP contribution in [0.15, 0.2) is 36.4 Å². The number of hydrogen-bond acceptors (Lipinski definition) is 4. The predicted octanol–water partition coefficient (Wildman–Crippen LogP) is 6.10. The number of benzene rings is 2. The van der Waals surface area contributed by atoms with E-state index in [-0.39, 0.29) is 12.4 Å². The lowest BCUT2D eigenvalue weighted by molar-refractivity contribution is -0.139. The van der Waals surface area contributed by atoms with Crippen LogP contribution in [0.1, 0.15) is 25.0 Å². The van der Waals surface area contributed by atoms with Gasteiger partial charge in [-0.2, -0.15) is 0 Å². The monoisotopic (exact) mass is 464 g/mol. The zero-order valence-electron chi connectivity index (χ0n) is 15.8.